The molecule has 1 heterocycles. The number of amides is 2. The van der Waals surface area contributed by atoms with Crippen LogP contribution in [0, 0.1) is 6.92 Å². The van der Waals surface area contributed by atoms with Crippen LogP contribution < -0.4 is 19.6 Å². The van der Waals surface area contributed by atoms with Crippen LogP contribution in [0.25, 0.3) is 6.08 Å². The van der Waals surface area contributed by atoms with Crippen molar-refractivity contribution >= 4 is 57.8 Å². The first-order valence-electron chi connectivity index (χ1n) is 8.94. The maximum Gasteiger partial charge on any atom is 0.285 e. The number of thioether (sulfide) groups is 1. The predicted octanol–water partition coefficient (Wildman–Crippen LogP) is 4.22. The van der Waals surface area contributed by atoms with Gasteiger partial charge in [0.25, 0.3) is 11.8 Å². The smallest absolute Gasteiger partial charge is 0.285 e. The minimum Gasteiger partial charge on any atom is -0.496 e. The second-order valence-electron chi connectivity index (χ2n) is 6.39. The highest BCUT2D eigenvalue weighted by molar-refractivity contribution is 8.26. The summed E-state index contributed by atoms with van der Waals surface area (Å²) in [6.45, 7) is 1.86. The molecule has 0 bridgehead atoms. The SMILES string of the molecule is COc1cc(OC)c(OC)cc1/C=C1/SC(=S)N(NC(=O)c2ccc(C)cc2Cl)C1=O. The molecule has 0 spiro atoms. The Kier molecular flexibility index (Phi) is 7.09. The molecule has 0 unspecified atom stereocenters. The van der Waals surface area contributed by atoms with Crippen molar-refractivity contribution in [2.75, 3.05) is 21.3 Å². The van der Waals surface area contributed by atoms with Gasteiger partial charge in [-0.2, -0.15) is 5.01 Å². The van der Waals surface area contributed by atoms with E-state index < -0.39 is 11.8 Å². The summed E-state index contributed by atoms with van der Waals surface area (Å²) in [6.07, 6.45) is 1.62. The molecule has 162 valence electrons. The zero-order chi connectivity index (χ0) is 22.7. The summed E-state index contributed by atoms with van der Waals surface area (Å²) >= 11 is 12.5. The average Bonchev–Trinajstić information content (AvgIpc) is 3.00. The number of benzene rings is 2. The molecule has 0 aliphatic carbocycles. The van der Waals surface area contributed by atoms with Gasteiger partial charge in [0.15, 0.2) is 15.8 Å². The van der Waals surface area contributed by atoms with Crippen LogP contribution in [-0.2, 0) is 4.79 Å². The van der Waals surface area contributed by atoms with E-state index in [0.717, 1.165) is 22.3 Å². The van der Waals surface area contributed by atoms with Crippen LogP contribution in [0.15, 0.2) is 35.2 Å². The van der Waals surface area contributed by atoms with Gasteiger partial charge in [0.1, 0.15) is 5.75 Å². The Bertz CT molecular complexity index is 1100. The highest BCUT2D eigenvalue weighted by atomic mass is 35.5. The summed E-state index contributed by atoms with van der Waals surface area (Å²) in [5, 5.41) is 1.31. The average molecular weight is 479 g/mol. The quantitative estimate of drug-likeness (QED) is 0.492. The molecular weight excluding hydrogens is 460 g/mol. The Morgan fingerprint density at radius 3 is 2.35 bits per heavy atom. The molecule has 31 heavy (non-hydrogen) atoms. The van der Waals surface area contributed by atoms with Crippen molar-refractivity contribution in [3.63, 3.8) is 0 Å². The lowest BCUT2D eigenvalue weighted by molar-refractivity contribution is -0.123. The normalized spacial score (nSPS) is 14.7. The summed E-state index contributed by atoms with van der Waals surface area (Å²) in [4.78, 5) is 25.8. The minimum atomic E-state index is -0.536. The summed E-state index contributed by atoms with van der Waals surface area (Å²) in [6, 6.07) is 8.37. The largest absolute Gasteiger partial charge is 0.496 e. The van der Waals surface area contributed by atoms with Crippen LogP contribution in [-0.4, -0.2) is 42.5 Å². The van der Waals surface area contributed by atoms with E-state index in [1.807, 2.05) is 6.92 Å². The lowest BCUT2D eigenvalue weighted by Gasteiger charge is -2.16. The summed E-state index contributed by atoms with van der Waals surface area (Å²) in [7, 11) is 4.54. The molecule has 3 rings (SSSR count). The summed E-state index contributed by atoms with van der Waals surface area (Å²) < 4.78 is 16.2. The highest BCUT2D eigenvalue weighted by Gasteiger charge is 2.34. The summed E-state index contributed by atoms with van der Waals surface area (Å²) in [5.41, 5.74) is 4.27. The molecule has 2 aromatic rings. The van der Waals surface area contributed by atoms with Crippen molar-refractivity contribution in [1.82, 2.24) is 10.4 Å². The van der Waals surface area contributed by atoms with E-state index in [0.29, 0.717) is 27.7 Å². The lowest BCUT2D eigenvalue weighted by Crippen LogP contribution is -2.44. The van der Waals surface area contributed by atoms with Crippen LogP contribution >= 0.6 is 35.6 Å². The number of rotatable bonds is 6. The zero-order valence-corrected chi connectivity index (χ0v) is 19.5. The molecule has 1 aliphatic rings. The first-order valence-corrected chi connectivity index (χ1v) is 10.5. The maximum absolute atomic E-state index is 12.9. The van der Waals surface area contributed by atoms with Crippen LogP contribution in [0.5, 0.6) is 17.2 Å². The molecule has 2 amide bonds. The maximum atomic E-state index is 12.9. The fraction of sp³-hybridized carbons (Fsp3) is 0.190. The lowest BCUT2D eigenvalue weighted by atomic mass is 10.1. The fourth-order valence-electron chi connectivity index (χ4n) is 2.84. The number of carbonyl (C=O) groups is 2. The molecule has 0 aromatic heterocycles. The van der Waals surface area contributed by atoms with Crippen molar-refractivity contribution < 1.29 is 23.8 Å². The number of thiocarbonyl (C=S) groups is 1. The van der Waals surface area contributed by atoms with Crippen molar-refractivity contribution in [2.24, 2.45) is 0 Å². The first kappa shape index (κ1) is 22.9. The van der Waals surface area contributed by atoms with E-state index in [4.69, 9.17) is 38.0 Å². The van der Waals surface area contributed by atoms with Gasteiger partial charge in [-0.05, 0) is 49.0 Å². The van der Waals surface area contributed by atoms with Crippen molar-refractivity contribution in [2.45, 2.75) is 6.92 Å². The van der Waals surface area contributed by atoms with Crippen molar-refractivity contribution in [3.8, 4) is 17.2 Å². The van der Waals surface area contributed by atoms with E-state index in [1.54, 1.807) is 36.4 Å². The molecule has 0 atom stereocenters. The molecule has 10 heteroatoms. The number of hydrogen-bond donors (Lipinski definition) is 1. The van der Waals surface area contributed by atoms with Crippen LogP contribution in [0.3, 0.4) is 0 Å². The van der Waals surface area contributed by atoms with Gasteiger partial charge in [-0.25, -0.2) is 0 Å². The third-order valence-electron chi connectivity index (χ3n) is 4.40. The molecule has 1 saturated heterocycles. The van der Waals surface area contributed by atoms with Crippen LogP contribution in [0.1, 0.15) is 21.5 Å². The van der Waals surface area contributed by atoms with Crippen LogP contribution in [0.4, 0.5) is 0 Å². The fourth-order valence-corrected chi connectivity index (χ4v) is 4.33. The molecular formula is C21H19ClN2O5S2. The number of hydrogen-bond acceptors (Lipinski definition) is 7. The molecule has 0 saturated carbocycles. The number of aryl methyl sites for hydroxylation is 1. The first-order chi connectivity index (χ1) is 14.8. The molecule has 1 fully saturated rings. The van der Waals surface area contributed by atoms with Gasteiger partial charge in [-0.1, -0.05) is 29.4 Å². The van der Waals surface area contributed by atoms with Crippen LogP contribution in [0.2, 0.25) is 5.02 Å². The Morgan fingerprint density at radius 2 is 1.74 bits per heavy atom. The Balaban J connectivity index is 1.88. The Labute approximate surface area is 194 Å². The van der Waals surface area contributed by atoms with Gasteiger partial charge < -0.3 is 14.2 Å². The van der Waals surface area contributed by atoms with Gasteiger partial charge in [0.05, 0.1) is 36.8 Å². The third-order valence-corrected chi connectivity index (χ3v) is 6.01. The Morgan fingerprint density at radius 1 is 1.10 bits per heavy atom. The van der Waals surface area contributed by atoms with E-state index in [-0.39, 0.29) is 14.9 Å². The number of methoxy groups -OCH3 is 3. The number of nitrogens with one attached hydrogen (secondary N) is 1. The number of ether oxygens (including phenoxy) is 3. The van der Waals surface area contributed by atoms with Gasteiger partial charge in [-0.3, -0.25) is 15.0 Å². The Hall–Kier alpha value is -2.75. The highest BCUT2D eigenvalue weighted by Crippen LogP contribution is 2.38. The van der Waals surface area contributed by atoms with E-state index in [2.05, 4.69) is 5.43 Å². The molecule has 7 nitrogen and oxygen atoms in total. The number of halogens is 1. The minimum absolute atomic E-state index is 0.187. The van der Waals surface area contributed by atoms with Gasteiger partial charge >= 0.3 is 0 Å². The number of carbonyl (C=O) groups excluding carboxylic acids is 2. The molecule has 1 N–H and O–H groups in total. The zero-order valence-electron chi connectivity index (χ0n) is 17.1. The van der Waals surface area contributed by atoms with Gasteiger partial charge in [0, 0.05) is 11.6 Å². The molecule has 2 aromatic carbocycles. The van der Waals surface area contributed by atoms with Crippen molar-refractivity contribution in [3.05, 3.63) is 56.9 Å². The topological polar surface area (TPSA) is 77.1 Å². The van der Waals surface area contributed by atoms with Crippen molar-refractivity contribution in [1.29, 1.82) is 0 Å². The third kappa shape index (κ3) is 4.79. The number of nitrogens with zero attached hydrogens (tertiary/aromatic N) is 1. The van der Waals surface area contributed by atoms with E-state index in [9.17, 15) is 9.59 Å². The van der Waals surface area contributed by atoms with E-state index in [1.165, 1.54) is 21.3 Å². The number of hydrazine groups is 1. The van der Waals surface area contributed by atoms with E-state index >= 15 is 0 Å². The monoisotopic (exact) mass is 478 g/mol. The molecule has 1 aliphatic heterocycles. The molecule has 0 radical (unpaired) electrons. The second-order valence-corrected chi connectivity index (χ2v) is 8.47. The second kappa shape index (κ2) is 9.59. The van der Waals surface area contributed by atoms with Gasteiger partial charge in [-0.15, -0.1) is 0 Å². The summed E-state index contributed by atoms with van der Waals surface area (Å²) in [5.74, 6) is 0.451. The van der Waals surface area contributed by atoms with Gasteiger partial charge in [0.2, 0.25) is 0 Å². The predicted molar refractivity (Wildman–Crippen MR) is 125 cm³/mol. The standard InChI is InChI=1S/C21H19ClN2O5S2/c1-11-5-6-13(14(22)7-11)19(25)23-24-20(26)18(31-21(24)30)9-12-8-16(28-3)17(29-4)10-15(12)27-2/h5-10H,1-4H3,(H,23,25)/b18-9+.